The van der Waals surface area contributed by atoms with Crippen LogP contribution in [-0.2, 0) is 16.2 Å². The van der Waals surface area contributed by atoms with Crippen LogP contribution in [0.3, 0.4) is 0 Å². The summed E-state index contributed by atoms with van der Waals surface area (Å²) in [5.74, 6) is 0.144. The van der Waals surface area contributed by atoms with Crippen LogP contribution in [0.25, 0.3) is 0 Å². The van der Waals surface area contributed by atoms with Gasteiger partial charge < -0.3 is 5.73 Å². The van der Waals surface area contributed by atoms with E-state index in [1.165, 1.54) is 0 Å². The summed E-state index contributed by atoms with van der Waals surface area (Å²) in [6.45, 7) is 0.128. The molecular weight excluding hydrogens is 317 g/mol. The van der Waals surface area contributed by atoms with Gasteiger partial charge in [-0.3, -0.25) is 0 Å². The Balaban J connectivity index is 2.22. The van der Waals surface area contributed by atoms with Gasteiger partial charge in [-0.25, -0.2) is 13.1 Å². The van der Waals surface area contributed by atoms with E-state index in [0.29, 0.717) is 6.07 Å². The maximum Gasteiger partial charge on any atom is 0.416 e. The second-order valence-corrected chi connectivity index (χ2v) is 7.25. The monoisotopic (exact) mass is 336 g/mol. The summed E-state index contributed by atoms with van der Waals surface area (Å²) in [4.78, 5) is -0.390. The lowest BCUT2D eigenvalue weighted by Crippen LogP contribution is -2.44. The summed E-state index contributed by atoms with van der Waals surface area (Å²) < 4.78 is 65.2. The molecule has 0 amide bonds. The largest absolute Gasteiger partial charge is 0.416 e. The van der Waals surface area contributed by atoms with E-state index < -0.39 is 32.7 Å². The van der Waals surface area contributed by atoms with Gasteiger partial charge in [0.2, 0.25) is 10.0 Å². The van der Waals surface area contributed by atoms with Crippen molar-refractivity contribution in [2.45, 2.75) is 42.8 Å². The normalized spacial score (nSPS) is 18.5. The van der Waals surface area contributed by atoms with Crippen molar-refractivity contribution in [3.05, 3.63) is 29.8 Å². The van der Waals surface area contributed by atoms with Crippen molar-refractivity contribution in [2.75, 3.05) is 6.54 Å². The first kappa shape index (κ1) is 17.2. The van der Waals surface area contributed by atoms with Crippen LogP contribution in [0.4, 0.5) is 13.2 Å². The standard InChI is InChI=1S/C14H19F3N2O2S/c15-14(16,17)11-6-3-7-12(8-11)22(20,21)19-13(9-18)10-4-1-2-5-10/h3,6-8,10,13,19H,1-2,4-5,9,18H2. The molecule has 3 N–H and O–H groups in total. The second-order valence-electron chi connectivity index (χ2n) is 5.53. The summed E-state index contributed by atoms with van der Waals surface area (Å²) in [7, 11) is -4.02. The molecule has 22 heavy (non-hydrogen) atoms. The molecule has 1 saturated carbocycles. The van der Waals surface area contributed by atoms with Gasteiger partial charge in [-0.05, 0) is 37.0 Å². The Labute approximate surface area is 127 Å². The van der Waals surface area contributed by atoms with Crippen molar-refractivity contribution in [3.8, 4) is 0 Å². The number of hydrogen-bond acceptors (Lipinski definition) is 3. The van der Waals surface area contributed by atoms with Gasteiger partial charge in [0, 0.05) is 12.6 Å². The van der Waals surface area contributed by atoms with E-state index in [1.54, 1.807) is 0 Å². The molecule has 1 aliphatic carbocycles. The highest BCUT2D eigenvalue weighted by atomic mass is 32.2. The fourth-order valence-corrected chi connectivity index (χ4v) is 4.17. The highest BCUT2D eigenvalue weighted by Gasteiger charge is 2.33. The van der Waals surface area contributed by atoms with Gasteiger partial charge in [0.1, 0.15) is 0 Å². The summed E-state index contributed by atoms with van der Waals surface area (Å²) in [6, 6.07) is 3.28. The first-order valence-electron chi connectivity index (χ1n) is 7.13. The van der Waals surface area contributed by atoms with Crippen molar-refractivity contribution in [2.24, 2.45) is 11.7 Å². The molecule has 0 aromatic heterocycles. The third kappa shape index (κ3) is 3.99. The van der Waals surface area contributed by atoms with Gasteiger partial charge in [0.15, 0.2) is 0 Å². The molecule has 2 rings (SSSR count). The lowest BCUT2D eigenvalue weighted by molar-refractivity contribution is -0.137. The first-order chi connectivity index (χ1) is 10.2. The zero-order chi connectivity index (χ0) is 16.4. The first-order valence-corrected chi connectivity index (χ1v) is 8.62. The van der Waals surface area contributed by atoms with Gasteiger partial charge in [0.05, 0.1) is 10.5 Å². The fourth-order valence-electron chi connectivity index (χ4n) is 2.80. The molecule has 1 fully saturated rings. The summed E-state index contributed by atoms with van der Waals surface area (Å²) in [6.07, 6.45) is -0.775. The summed E-state index contributed by atoms with van der Waals surface area (Å²) >= 11 is 0. The minimum Gasteiger partial charge on any atom is -0.329 e. The predicted molar refractivity (Wildman–Crippen MR) is 76.6 cm³/mol. The average molecular weight is 336 g/mol. The zero-order valence-corrected chi connectivity index (χ0v) is 12.8. The van der Waals surface area contributed by atoms with Crippen molar-refractivity contribution in [1.29, 1.82) is 0 Å². The Bertz CT molecular complexity index is 611. The van der Waals surface area contributed by atoms with Crippen LogP contribution in [0.5, 0.6) is 0 Å². The molecule has 8 heteroatoms. The molecule has 4 nitrogen and oxygen atoms in total. The second kappa shape index (κ2) is 6.55. The van der Waals surface area contributed by atoms with Crippen LogP contribution in [0.15, 0.2) is 29.2 Å². The van der Waals surface area contributed by atoms with E-state index in [2.05, 4.69) is 4.72 Å². The maximum absolute atomic E-state index is 12.7. The molecule has 0 spiro atoms. The van der Waals surface area contributed by atoms with Gasteiger partial charge in [-0.1, -0.05) is 18.9 Å². The lowest BCUT2D eigenvalue weighted by Gasteiger charge is -2.23. The smallest absolute Gasteiger partial charge is 0.329 e. The van der Waals surface area contributed by atoms with E-state index in [4.69, 9.17) is 5.73 Å². The van der Waals surface area contributed by atoms with Crippen LogP contribution in [0, 0.1) is 5.92 Å². The Hall–Kier alpha value is -1.12. The Morgan fingerprint density at radius 1 is 1.27 bits per heavy atom. The minimum absolute atomic E-state index is 0.128. The molecular formula is C14H19F3N2O2S. The molecule has 124 valence electrons. The fraction of sp³-hybridized carbons (Fsp3) is 0.571. The molecule has 1 unspecified atom stereocenters. The van der Waals surface area contributed by atoms with Crippen LogP contribution in [-0.4, -0.2) is 21.0 Å². The van der Waals surface area contributed by atoms with Crippen LogP contribution < -0.4 is 10.5 Å². The molecule has 0 bridgehead atoms. The van der Waals surface area contributed by atoms with Crippen molar-refractivity contribution < 1.29 is 21.6 Å². The van der Waals surface area contributed by atoms with Crippen molar-refractivity contribution in [1.82, 2.24) is 4.72 Å². The maximum atomic E-state index is 12.7. The summed E-state index contributed by atoms with van der Waals surface area (Å²) in [5.41, 5.74) is 4.64. The van der Waals surface area contributed by atoms with Gasteiger partial charge >= 0.3 is 6.18 Å². The van der Waals surface area contributed by atoms with Crippen molar-refractivity contribution in [3.63, 3.8) is 0 Å². The number of alkyl halides is 3. The molecule has 1 atom stereocenters. The van der Waals surface area contributed by atoms with Crippen LogP contribution in [0.2, 0.25) is 0 Å². The molecule has 0 radical (unpaired) electrons. The number of hydrogen-bond donors (Lipinski definition) is 2. The van der Waals surface area contributed by atoms with Gasteiger partial charge in [0.25, 0.3) is 0 Å². The molecule has 0 heterocycles. The highest BCUT2D eigenvalue weighted by Crippen LogP contribution is 2.31. The average Bonchev–Trinajstić information content (AvgIpc) is 2.98. The number of nitrogens with one attached hydrogen (secondary N) is 1. The van der Waals surface area contributed by atoms with E-state index in [0.717, 1.165) is 43.9 Å². The van der Waals surface area contributed by atoms with Crippen LogP contribution in [0.1, 0.15) is 31.2 Å². The molecule has 1 aromatic carbocycles. The summed E-state index contributed by atoms with van der Waals surface area (Å²) in [5, 5.41) is 0. The zero-order valence-electron chi connectivity index (χ0n) is 11.9. The van der Waals surface area contributed by atoms with Crippen molar-refractivity contribution >= 4 is 10.0 Å². The number of benzene rings is 1. The van der Waals surface area contributed by atoms with E-state index in [-0.39, 0.29) is 12.5 Å². The number of rotatable bonds is 5. The Morgan fingerprint density at radius 3 is 2.45 bits per heavy atom. The number of sulfonamides is 1. The minimum atomic E-state index is -4.58. The molecule has 1 aliphatic rings. The van der Waals surface area contributed by atoms with Gasteiger partial charge in [-0.2, -0.15) is 13.2 Å². The third-order valence-electron chi connectivity index (χ3n) is 4.00. The quantitative estimate of drug-likeness (QED) is 0.868. The lowest BCUT2D eigenvalue weighted by atomic mass is 9.99. The highest BCUT2D eigenvalue weighted by molar-refractivity contribution is 7.89. The third-order valence-corrected chi connectivity index (χ3v) is 5.49. The molecule has 1 aromatic rings. The van der Waals surface area contributed by atoms with Crippen LogP contribution >= 0.6 is 0 Å². The molecule has 0 saturated heterocycles. The van der Waals surface area contributed by atoms with E-state index in [9.17, 15) is 21.6 Å². The van der Waals surface area contributed by atoms with Gasteiger partial charge in [-0.15, -0.1) is 0 Å². The number of halogens is 3. The Morgan fingerprint density at radius 2 is 1.91 bits per heavy atom. The number of nitrogens with two attached hydrogens (primary N) is 1. The van der Waals surface area contributed by atoms with E-state index in [1.807, 2.05) is 0 Å². The van der Waals surface area contributed by atoms with E-state index >= 15 is 0 Å². The predicted octanol–water partition coefficient (Wildman–Crippen LogP) is 2.50. The Kier molecular flexibility index (Phi) is 5.14. The topological polar surface area (TPSA) is 72.2 Å². The molecule has 0 aliphatic heterocycles. The SMILES string of the molecule is NCC(NS(=O)(=O)c1cccc(C(F)(F)F)c1)C1CCCC1.